The summed E-state index contributed by atoms with van der Waals surface area (Å²) in [6, 6.07) is 0.592. The summed E-state index contributed by atoms with van der Waals surface area (Å²) >= 11 is 0. The Labute approximate surface area is 85.8 Å². The lowest BCUT2D eigenvalue weighted by Crippen LogP contribution is -2.38. The van der Waals surface area contributed by atoms with Gasteiger partial charge < -0.3 is 10.2 Å². The molecule has 2 bridgehead atoms. The van der Waals surface area contributed by atoms with E-state index in [9.17, 15) is 4.79 Å². The Hall–Kier alpha value is -0.570. The van der Waals surface area contributed by atoms with E-state index in [-0.39, 0.29) is 0 Å². The maximum absolute atomic E-state index is 11.8. The highest BCUT2D eigenvalue weighted by atomic mass is 16.2. The van der Waals surface area contributed by atoms with Crippen molar-refractivity contribution in [2.75, 3.05) is 19.6 Å². The molecule has 1 amide bonds. The number of carbonyl (C=O) groups excluding carboxylic acids is 1. The van der Waals surface area contributed by atoms with Crippen molar-refractivity contribution in [1.82, 2.24) is 10.2 Å². The maximum atomic E-state index is 11.8. The van der Waals surface area contributed by atoms with Crippen LogP contribution in [-0.4, -0.2) is 36.5 Å². The summed E-state index contributed by atoms with van der Waals surface area (Å²) in [6.45, 7) is 4.90. The van der Waals surface area contributed by atoms with Gasteiger partial charge in [-0.1, -0.05) is 6.92 Å². The molecule has 1 saturated carbocycles. The van der Waals surface area contributed by atoms with Gasteiger partial charge in [0.1, 0.15) is 0 Å². The zero-order valence-electron chi connectivity index (χ0n) is 8.96. The van der Waals surface area contributed by atoms with Crippen LogP contribution in [0.4, 0.5) is 0 Å². The maximum Gasteiger partial charge on any atom is 0.224 e. The summed E-state index contributed by atoms with van der Waals surface area (Å²) in [4.78, 5) is 13.9. The summed E-state index contributed by atoms with van der Waals surface area (Å²) < 4.78 is 0. The van der Waals surface area contributed by atoms with Gasteiger partial charge in [0, 0.05) is 25.6 Å². The molecule has 0 aromatic heterocycles. The first kappa shape index (κ1) is 9.97. The van der Waals surface area contributed by atoms with Crippen LogP contribution >= 0.6 is 0 Å². The van der Waals surface area contributed by atoms with Gasteiger partial charge in [-0.3, -0.25) is 4.79 Å². The molecule has 1 aliphatic carbocycles. The lowest BCUT2D eigenvalue weighted by atomic mass is 10.1. The fourth-order valence-electron chi connectivity index (χ4n) is 2.75. The molecule has 1 saturated heterocycles. The van der Waals surface area contributed by atoms with Crippen LogP contribution in [0.1, 0.15) is 32.6 Å². The summed E-state index contributed by atoms with van der Waals surface area (Å²) in [6.07, 6.45) is 4.54. The van der Waals surface area contributed by atoms with Crippen LogP contribution in [0.2, 0.25) is 0 Å². The van der Waals surface area contributed by atoms with Gasteiger partial charge in [0.25, 0.3) is 0 Å². The molecule has 2 fully saturated rings. The first-order valence-electron chi connectivity index (χ1n) is 5.81. The largest absolute Gasteiger partial charge is 0.339 e. The van der Waals surface area contributed by atoms with Crippen molar-refractivity contribution in [2.45, 2.75) is 38.6 Å². The number of hydrogen-bond donors (Lipinski definition) is 1. The van der Waals surface area contributed by atoms with Crippen molar-refractivity contribution in [3.63, 3.8) is 0 Å². The molecule has 1 aliphatic heterocycles. The van der Waals surface area contributed by atoms with E-state index in [1.807, 2.05) is 0 Å². The molecule has 1 heterocycles. The van der Waals surface area contributed by atoms with Gasteiger partial charge in [-0.25, -0.2) is 0 Å². The van der Waals surface area contributed by atoms with Gasteiger partial charge in [0.05, 0.1) is 0 Å². The quantitative estimate of drug-likeness (QED) is 0.680. The molecule has 0 aromatic carbocycles. The van der Waals surface area contributed by atoms with Gasteiger partial charge in [-0.05, 0) is 31.7 Å². The summed E-state index contributed by atoms with van der Waals surface area (Å²) in [5, 5.41) is 3.20. The number of fused-ring (bicyclic) bond motifs is 2. The highest BCUT2D eigenvalue weighted by molar-refractivity contribution is 5.77. The van der Waals surface area contributed by atoms with E-state index in [4.69, 9.17) is 0 Å². The zero-order chi connectivity index (χ0) is 9.97. The highest BCUT2D eigenvalue weighted by Crippen LogP contribution is 2.37. The molecule has 2 unspecified atom stereocenters. The molecule has 2 rings (SSSR count). The molecular formula is C11H20N2O. The van der Waals surface area contributed by atoms with Crippen LogP contribution in [0.25, 0.3) is 0 Å². The van der Waals surface area contributed by atoms with E-state index in [0.29, 0.717) is 18.4 Å². The first-order chi connectivity index (χ1) is 6.81. The van der Waals surface area contributed by atoms with E-state index < -0.39 is 0 Å². The van der Waals surface area contributed by atoms with Gasteiger partial charge >= 0.3 is 0 Å². The number of nitrogens with one attached hydrogen (secondary N) is 1. The molecule has 14 heavy (non-hydrogen) atoms. The molecule has 0 radical (unpaired) electrons. The molecule has 80 valence electrons. The zero-order valence-corrected chi connectivity index (χ0v) is 8.96. The van der Waals surface area contributed by atoms with E-state index in [1.165, 1.54) is 19.3 Å². The van der Waals surface area contributed by atoms with E-state index >= 15 is 0 Å². The third kappa shape index (κ3) is 1.92. The number of piperidine rings is 1. The molecule has 0 spiro atoms. The average molecular weight is 196 g/mol. The van der Waals surface area contributed by atoms with Crippen LogP contribution in [0, 0.1) is 5.92 Å². The smallest absolute Gasteiger partial charge is 0.224 e. The Kier molecular flexibility index (Phi) is 3.06. The van der Waals surface area contributed by atoms with Crippen molar-refractivity contribution in [2.24, 2.45) is 5.92 Å². The third-order valence-electron chi connectivity index (χ3n) is 3.50. The molecular weight excluding hydrogens is 176 g/mol. The van der Waals surface area contributed by atoms with Gasteiger partial charge in [-0.15, -0.1) is 0 Å². The fraction of sp³-hybridized carbons (Fsp3) is 0.909. The highest BCUT2D eigenvalue weighted by Gasteiger charge is 2.39. The minimum Gasteiger partial charge on any atom is -0.339 e. The summed E-state index contributed by atoms with van der Waals surface area (Å²) in [7, 11) is 0. The normalized spacial score (nSPS) is 29.9. The van der Waals surface area contributed by atoms with Crippen LogP contribution < -0.4 is 5.32 Å². The van der Waals surface area contributed by atoms with Crippen LogP contribution in [0.15, 0.2) is 0 Å². The van der Waals surface area contributed by atoms with Crippen LogP contribution in [-0.2, 0) is 4.79 Å². The van der Waals surface area contributed by atoms with Crippen molar-refractivity contribution >= 4 is 5.91 Å². The first-order valence-corrected chi connectivity index (χ1v) is 5.81. The predicted octanol–water partition coefficient (Wildman–Crippen LogP) is 0.997. The Bertz CT molecular complexity index is 217. The number of rotatable bonds is 4. The minimum atomic E-state index is 0.359. The molecule has 0 aromatic rings. The molecule has 3 nitrogen and oxygen atoms in total. The van der Waals surface area contributed by atoms with E-state index in [1.54, 1.807) is 0 Å². The second-order valence-corrected chi connectivity index (χ2v) is 4.48. The Morgan fingerprint density at radius 3 is 2.93 bits per heavy atom. The van der Waals surface area contributed by atoms with Gasteiger partial charge in [-0.2, -0.15) is 0 Å². The Morgan fingerprint density at radius 2 is 2.36 bits per heavy atom. The standard InChI is InChI=1S/C11H20N2O/c1-2-12-6-5-11(14)13-8-9-3-4-10(13)7-9/h9-10,12H,2-8H2,1H3. The van der Waals surface area contributed by atoms with Gasteiger partial charge in [0.2, 0.25) is 5.91 Å². The lowest BCUT2D eigenvalue weighted by Gasteiger charge is -2.27. The van der Waals surface area contributed by atoms with E-state index in [2.05, 4.69) is 17.1 Å². The summed E-state index contributed by atoms with van der Waals surface area (Å²) in [5.41, 5.74) is 0. The predicted molar refractivity (Wildman–Crippen MR) is 56.0 cm³/mol. The van der Waals surface area contributed by atoms with E-state index in [0.717, 1.165) is 25.6 Å². The number of likely N-dealkylation sites (tertiary alicyclic amines) is 1. The van der Waals surface area contributed by atoms with Crippen molar-refractivity contribution < 1.29 is 4.79 Å². The molecule has 2 atom stereocenters. The number of amides is 1. The number of carbonyl (C=O) groups is 1. The minimum absolute atomic E-state index is 0.359. The number of hydrogen-bond acceptors (Lipinski definition) is 2. The molecule has 2 aliphatic rings. The third-order valence-corrected chi connectivity index (χ3v) is 3.50. The topological polar surface area (TPSA) is 32.3 Å². The summed E-state index contributed by atoms with van der Waals surface area (Å²) in [5.74, 6) is 1.18. The van der Waals surface area contributed by atoms with Gasteiger partial charge in [0.15, 0.2) is 0 Å². The second-order valence-electron chi connectivity index (χ2n) is 4.48. The van der Waals surface area contributed by atoms with Crippen molar-refractivity contribution in [3.8, 4) is 0 Å². The monoisotopic (exact) mass is 196 g/mol. The second kappa shape index (κ2) is 4.30. The Balaban J connectivity index is 1.75. The average Bonchev–Trinajstić information content (AvgIpc) is 2.79. The van der Waals surface area contributed by atoms with Crippen LogP contribution in [0.5, 0.6) is 0 Å². The molecule has 3 heteroatoms. The number of nitrogens with zero attached hydrogens (tertiary/aromatic N) is 1. The van der Waals surface area contributed by atoms with Crippen molar-refractivity contribution in [3.05, 3.63) is 0 Å². The molecule has 1 N–H and O–H groups in total. The Morgan fingerprint density at radius 1 is 1.50 bits per heavy atom. The van der Waals surface area contributed by atoms with Crippen molar-refractivity contribution in [1.29, 1.82) is 0 Å². The lowest BCUT2D eigenvalue weighted by molar-refractivity contribution is -0.132. The van der Waals surface area contributed by atoms with Crippen LogP contribution in [0.3, 0.4) is 0 Å². The fourth-order valence-corrected chi connectivity index (χ4v) is 2.75. The SMILES string of the molecule is CCNCCC(=O)N1CC2CCC1C2.